The Morgan fingerprint density at radius 3 is 2.81 bits per heavy atom. The molecule has 0 bridgehead atoms. The molecule has 1 aliphatic heterocycles. The molecular formula is C23H25N5O3. The van der Waals surface area contributed by atoms with E-state index >= 15 is 0 Å². The molecule has 1 saturated heterocycles. The van der Waals surface area contributed by atoms with Crippen LogP contribution in [0.2, 0.25) is 0 Å². The number of aromatic nitrogens is 3. The van der Waals surface area contributed by atoms with Gasteiger partial charge in [-0.3, -0.25) is 9.59 Å². The zero-order chi connectivity index (χ0) is 21.6. The van der Waals surface area contributed by atoms with Crippen LogP contribution >= 0.6 is 0 Å². The number of para-hydroxylation sites is 1. The summed E-state index contributed by atoms with van der Waals surface area (Å²) < 4.78 is 6.84. The lowest BCUT2D eigenvalue weighted by atomic mass is 10.1. The van der Waals surface area contributed by atoms with Gasteiger partial charge in [0.25, 0.3) is 5.91 Å². The van der Waals surface area contributed by atoms with Gasteiger partial charge in [-0.1, -0.05) is 35.5 Å². The SMILES string of the molecule is COc1cccc(CN2CCC(NC(=O)c3cn(-c4ccccc4)nn3)CCC2=O)c1. The van der Waals surface area contributed by atoms with E-state index in [1.54, 1.807) is 18.0 Å². The van der Waals surface area contributed by atoms with Crippen molar-refractivity contribution < 1.29 is 14.3 Å². The number of likely N-dealkylation sites (tertiary alicyclic amines) is 1. The second kappa shape index (κ2) is 9.42. The van der Waals surface area contributed by atoms with Gasteiger partial charge in [0, 0.05) is 25.6 Å². The highest BCUT2D eigenvalue weighted by atomic mass is 16.5. The van der Waals surface area contributed by atoms with E-state index in [2.05, 4.69) is 15.6 Å². The van der Waals surface area contributed by atoms with Crippen molar-refractivity contribution in [2.24, 2.45) is 0 Å². The highest BCUT2D eigenvalue weighted by Crippen LogP contribution is 2.18. The molecule has 1 N–H and O–H groups in total. The Balaban J connectivity index is 1.35. The predicted molar refractivity (Wildman–Crippen MR) is 115 cm³/mol. The van der Waals surface area contributed by atoms with Crippen LogP contribution in [0.4, 0.5) is 0 Å². The summed E-state index contributed by atoms with van der Waals surface area (Å²) in [5.41, 5.74) is 2.11. The summed E-state index contributed by atoms with van der Waals surface area (Å²) in [5, 5.41) is 11.0. The third kappa shape index (κ3) is 5.09. The second-order valence-corrected chi connectivity index (χ2v) is 7.55. The molecule has 2 amide bonds. The number of nitrogens with zero attached hydrogens (tertiary/aromatic N) is 4. The standard InChI is InChI=1S/C23H25N5O3/c1-31-20-9-5-6-17(14-20)15-27-13-12-18(10-11-22(27)29)24-23(30)21-16-28(26-25-21)19-7-3-2-4-8-19/h2-9,14,16,18H,10-13,15H2,1H3,(H,24,30). The number of carbonyl (C=O) groups is 2. The third-order valence-electron chi connectivity index (χ3n) is 5.40. The van der Waals surface area contributed by atoms with Gasteiger partial charge in [-0.25, -0.2) is 4.68 Å². The van der Waals surface area contributed by atoms with Crippen LogP contribution in [0.5, 0.6) is 5.75 Å². The fourth-order valence-corrected chi connectivity index (χ4v) is 3.67. The number of nitrogens with one attached hydrogen (secondary N) is 1. The van der Waals surface area contributed by atoms with E-state index in [1.807, 2.05) is 59.5 Å². The molecule has 2 heterocycles. The Kier molecular flexibility index (Phi) is 6.26. The molecule has 1 fully saturated rings. The van der Waals surface area contributed by atoms with Crippen molar-refractivity contribution in [3.8, 4) is 11.4 Å². The quantitative estimate of drug-likeness (QED) is 0.663. The average Bonchev–Trinajstić information content (AvgIpc) is 3.24. The molecule has 1 atom stereocenters. The van der Waals surface area contributed by atoms with Crippen LogP contribution in [0.1, 0.15) is 35.3 Å². The molecule has 1 aliphatic rings. The van der Waals surface area contributed by atoms with Crippen LogP contribution < -0.4 is 10.1 Å². The van der Waals surface area contributed by atoms with Gasteiger partial charge in [0.05, 0.1) is 19.0 Å². The van der Waals surface area contributed by atoms with Gasteiger partial charge < -0.3 is 15.0 Å². The van der Waals surface area contributed by atoms with E-state index in [1.165, 1.54) is 0 Å². The number of carbonyl (C=O) groups excluding carboxylic acids is 2. The average molecular weight is 419 g/mol. The van der Waals surface area contributed by atoms with Gasteiger partial charge in [0.2, 0.25) is 5.91 Å². The molecule has 0 radical (unpaired) electrons. The topological polar surface area (TPSA) is 89.3 Å². The first-order chi connectivity index (χ1) is 15.1. The van der Waals surface area contributed by atoms with Crippen LogP contribution in [-0.2, 0) is 11.3 Å². The number of benzene rings is 2. The molecule has 160 valence electrons. The van der Waals surface area contributed by atoms with E-state index in [0.717, 1.165) is 17.0 Å². The molecule has 31 heavy (non-hydrogen) atoms. The van der Waals surface area contributed by atoms with Crippen LogP contribution in [0, 0.1) is 0 Å². The molecule has 2 aromatic carbocycles. The minimum atomic E-state index is -0.277. The number of amides is 2. The molecule has 1 unspecified atom stereocenters. The number of rotatable bonds is 6. The van der Waals surface area contributed by atoms with Gasteiger partial charge in [-0.05, 0) is 42.7 Å². The smallest absolute Gasteiger partial charge is 0.273 e. The molecule has 4 rings (SSSR count). The zero-order valence-corrected chi connectivity index (χ0v) is 17.4. The fraction of sp³-hybridized carbons (Fsp3) is 0.304. The van der Waals surface area contributed by atoms with Crippen molar-refractivity contribution in [3.63, 3.8) is 0 Å². The largest absolute Gasteiger partial charge is 0.497 e. The van der Waals surface area contributed by atoms with Gasteiger partial charge >= 0.3 is 0 Å². The van der Waals surface area contributed by atoms with Crippen molar-refractivity contribution in [1.29, 1.82) is 0 Å². The summed E-state index contributed by atoms with van der Waals surface area (Å²) >= 11 is 0. The Morgan fingerprint density at radius 1 is 1.16 bits per heavy atom. The Labute approximate surface area is 180 Å². The van der Waals surface area contributed by atoms with E-state index in [0.29, 0.717) is 32.4 Å². The van der Waals surface area contributed by atoms with Crippen molar-refractivity contribution in [2.75, 3.05) is 13.7 Å². The van der Waals surface area contributed by atoms with Gasteiger partial charge in [0.1, 0.15) is 5.75 Å². The van der Waals surface area contributed by atoms with Gasteiger partial charge in [-0.2, -0.15) is 0 Å². The molecule has 1 aromatic heterocycles. The predicted octanol–water partition coefficient (Wildman–Crippen LogP) is 2.59. The normalized spacial score (nSPS) is 16.6. The molecule has 0 aliphatic carbocycles. The third-order valence-corrected chi connectivity index (χ3v) is 5.40. The summed E-state index contributed by atoms with van der Waals surface area (Å²) in [6.45, 7) is 1.11. The number of ether oxygens (including phenoxy) is 1. The maximum Gasteiger partial charge on any atom is 0.273 e. The lowest BCUT2D eigenvalue weighted by Gasteiger charge is -2.21. The summed E-state index contributed by atoms with van der Waals surface area (Å²) in [5.74, 6) is 0.587. The minimum absolute atomic E-state index is 0.0892. The van der Waals surface area contributed by atoms with Crippen LogP contribution in [0.25, 0.3) is 5.69 Å². The van der Waals surface area contributed by atoms with Crippen molar-refractivity contribution in [2.45, 2.75) is 31.8 Å². The highest BCUT2D eigenvalue weighted by molar-refractivity contribution is 5.92. The first kappa shape index (κ1) is 20.6. The van der Waals surface area contributed by atoms with Crippen LogP contribution in [0.15, 0.2) is 60.8 Å². The van der Waals surface area contributed by atoms with E-state index in [-0.39, 0.29) is 23.6 Å². The Hall–Kier alpha value is -3.68. The molecular weight excluding hydrogens is 394 g/mol. The maximum absolute atomic E-state index is 12.7. The summed E-state index contributed by atoms with van der Waals surface area (Å²) in [7, 11) is 1.63. The van der Waals surface area contributed by atoms with Crippen molar-refractivity contribution in [3.05, 3.63) is 72.1 Å². The van der Waals surface area contributed by atoms with Gasteiger partial charge in [-0.15, -0.1) is 5.10 Å². The lowest BCUT2D eigenvalue weighted by molar-refractivity contribution is -0.131. The van der Waals surface area contributed by atoms with E-state index in [9.17, 15) is 9.59 Å². The molecule has 0 saturated carbocycles. The monoisotopic (exact) mass is 419 g/mol. The molecule has 8 heteroatoms. The second-order valence-electron chi connectivity index (χ2n) is 7.55. The van der Waals surface area contributed by atoms with E-state index in [4.69, 9.17) is 4.74 Å². The number of methoxy groups -OCH3 is 1. The Morgan fingerprint density at radius 2 is 2.00 bits per heavy atom. The molecule has 3 aromatic rings. The molecule has 0 spiro atoms. The summed E-state index contributed by atoms with van der Waals surface area (Å²) in [6, 6.07) is 17.1. The highest BCUT2D eigenvalue weighted by Gasteiger charge is 2.25. The first-order valence-corrected chi connectivity index (χ1v) is 10.3. The van der Waals surface area contributed by atoms with Crippen LogP contribution in [-0.4, -0.2) is 51.4 Å². The first-order valence-electron chi connectivity index (χ1n) is 10.3. The molecule has 8 nitrogen and oxygen atoms in total. The van der Waals surface area contributed by atoms with Crippen molar-refractivity contribution >= 4 is 11.8 Å². The summed E-state index contributed by atoms with van der Waals surface area (Å²) in [4.78, 5) is 27.1. The minimum Gasteiger partial charge on any atom is -0.497 e. The summed E-state index contributed by atoms with van der Waals surface area (Å²) in [6.07, 6.45) is 3.30. The Bertz CT molecular complexity index is 1050. The fourth-order valence-electron chi connectivity index (χ4n) is 3.67. The van der Waals surface area contributed by atoms with Crippen molar-refractivity contribution in [1.82, 2.24) is 25.2 Å². The maximum atomic E-state index is 12.7. The van der Waals surface area contributed by atoms with E-state index < -0.39 is 0 Å². The van der Waals surface area contributed by atoms with Gasteiger partial charge in [0.15, 0.2) is 5.69 Å². The number of hydrogen-bond donors (Lipinski definition) is 1. The van der Waals surface area contributed by atoms with Crippen LogP contribution in [0.3, 0.4) is 0 Å². The zero-order valence-electron chi connectivity index (χ0n) is 17.4. The lowest BCUT2D eigenvalue weighted by Crippen LogP contribution is -2.36. The number of hydrogen-bond acceptors (Lipinski definition) is 5.